The molecule has 8 heterocycles. The van der Waals surface area contributed by atoms with Crippen molar-refractivity contribution in [1.29, 1.82) is 0 Å². The fourth-order valence-electron chi connectivity index (χ4n) is 10.9. The SMILES string of the molecule is BrC1CCOCC1.Cc1ccc(C(=O)NC2CC2)cc1-n1cnc(C(=O)C2CCOCC2)c1N.Cc1ccc(C(=O)NC2CC2)cc1-n1cnc(C(=O)C2CCOCC2)c1N.OC1CCOCC1.[Br-].[C-]#[N+]c1ncn(-c2cc(C(=O)NC3CC3)ccc2C)c1N.[CH-]1CCOCC1.[Mg+2]. The monoisotopic (exact) mass is 1470 g/mol. The van der Waals surface area contributed by atoms with Gasteiger partial charge in [-0.1, -0.05) is 40.7 Å². The van der Waals surface area contributed by atoms with E-state index in [2.05, 4.69) is 58.1 Å². The smallest absolute Gasteiger partial charge is 1.00 e. The van der Waals surface area contributed by atoms with E-state index >= 15 is 0 Å². The number of aliphatic hydroxyl groups excluding tert-OH is 1. The number of benzene rings is 3. The molecule has 5 aliphatic heterocycles. The molecule has 14 rings (SSSR count). The Morgan fingerprint density at radius 1 is 0.505 bits per heavy atom. The number of aliphatic hydroxyl groups is 1. The molecular weight excluding hydrogens is 1380 g/mol. The average molecular weight is 1470 g/mol. The number of Topliss-reactive ketones (excluding diaryl/α,β-unsaturated/α-hetero) is 2. The Bertz CT molecular complexity index is 3440. The zero-order valence-corrected chi connectivity index (χ0v) is 60.4. The molecule has 27 heteroatoms. The van der Waals surface area contributed by atoms with E-state index in [-0.39, 0.29) is 98.9 Å². The molecule has 0 atom stereocenters. The van der Waals surface area contributed by atoms with Crippen molar-refractivity contribution in [2.45, 2.75) is 153 Å². The Morgan fingerprint density at radius 3 is 1.09 bits per heavy atom. The van der Waals surface area contributed by atoms with Crippen molar-refractivity contribution < 1.29 is 69.7 Å². The molecule has 5 saturated heterocycles. The summed E-state index contributed by atoms with van der Waals surface area (Å²) < 4.78 is 30.8. The van der Waals surface area contributed by atoms with Gasteiger partial charge in [-0.25, -0.2) is 9.97 Å². The number of carbonyl (C=O) groups is 5. The van der Waals surface area contributed by atoms with Gasteiger partial charge in [0.05, 0.1) is 23.2 Å². The van der Waals surface area contributed by atoms with Gasteiger partial charge in [0.2, 0.25) is 0 Å². The summed E-state index contributed by atoms with van der Waals surface area (Å²) in [7, 11) is 0. The Hall–Kier alpha value is -6.58. The van der Waals surface area contributed by atoms with E-state index in [0.717, 1.165) is 142 Å². The number of rotatable bonds is 13. The van der Waals surface area contributed by atoms with E-state index in [9.17, 15) is 24.0 Å². The number of nitrogens with zero attached hydrogens (tertiary/aromatic N) is 7. The third-order valence-electron chi connectivity index (χ3n) is 17.4. The average Bonchev–Trinajstić information content (AvgIpc) is 1.66. The van der Waals surface area contributed by atoms with Crippen molar-refractivity contribution in [2.75, 3.05) is 83.3 Å². The minimum atomic E-state index is -0.0962. The second-order valence-electron chi connectivity index (χ2n) is 25.0. The zero-order chi connectivity index (χ0) is 67.4. The van der Waals surface area contributed by atoms with Crippen molar-refractivity contribution >= 4 is 91.5 Å². The fourth-order valence-corrected chi connectivity index (χ4v) is 11.2. The minimum absolute atomic E-state index is 0. The number of hydrogen-bond acceptors (Lipinski definition) is 17. The second-order valence-corrected chi connectivity index (χ2v) is 26.3. The molecular formula is C70H91Br2MgN13O11. The number of anilines is 3. The predicted molar refractivity (Wildman–Crippen MR) is 371 cm³/mol. The van der Waals surface area contributed by atoms with Crippen molar-refractivity contribution in [3.8, 4) is 17.1 Å². The summed E-state index contributed by atoms with van der Waals surface area (Å²) in [6.07, 6.45) is 22.1. The Labute approximate surface area is 602 Å². The molecule has 3 amide bonds. The predicted octanol–water partition coefficient (Wildman–Crippen LogP) is 6.08. The number of halogens is 2. The number of alkyl halides is 1. The van der Waals surface area contributed by atoms with Gasteiger partial charge >= 0.3 is 28.9 Å². The number of nitrogens with two attached hydrogens (primary N) is 3. The zero-order valence-electron chi connectivity index (χ0n) is 55.8. The summed E-state index contributed by atoms with van der Waals surface area (Å²) in [5.74, 6) is 0.570. The quantitative estimate of drug-likeness (QED) is 0.0298. The molecule has 0 radical (unpaired) electrons. The molecule has 8 aliphatic rings. The molecule has 3 aromatic carbocycles. The Kier molecular flexibility index (Phi) is 31.0. The maximum Gasteiger partial charge on any atom is 2.00 e. The molecule has 0 unspecified atom stereocenters. The van der Waals surface area contributed by atoms with Crippen molar-refractivity contribution in [1.82, 2.24) is 44.6 Å². The van der Waals surface area contributed by atoms with Crippen LogP contribution >= 0.6 is 15.9 Å². The summed E-state index contributed by atoms with van der Waals surface area (Å²) in [5.41, 5.74) is 25.9. The van der Waals surface area contributed by atoms with Crippen LogP contribution < -0.4 is 50.1 Å². The van der Waals surface area contributed by atoms with Gasteiger partial charge < -0.3 is 90.2 Å². The van der Waals surface area contributed by atoms with Gasteiger partial charge in [-0.3, -0.25) is 37.7 Å². The number of aromatic nitrogens is 6. The third kappa shape index (κ3) is 23.0. The van der Waals surface area contributed by atoms with Crippen LogP contribution in [0.25, 0.3) is 21.9 Å². The van der Waals surface area contributed by atoms with Crippen LogP contribution in [-0.4, -0.2) is 181 Å². The Balaban J connectivity index is 0.000000178. The normalized spacial score (nSPS) is 17.9. The number of amides is 3. The molecule has 3 saturated carbocycles. The topological polar surface area (TPSA) is 324 Å². The van der Waals surface area contributed by atoms with Gasteiger partial charge in [0, 0.05) is 118 Å². The van der Waals surface area contributed by atoms with Crippen LogP contribution in [0.3, 0.4) is 0 Å². The van der Waals surface area contributed by atoms with Crippen LogP contribution in [-0.2, 0) is 23.7 Å². The van der Waals surface area contributed by atoms with E-state index in [1.54, 1.807) is 62.8 Å². The molecule has 0 spiro atoms. The summed E-state index contributed by atoms with van der Waals surface area (Å²) in [4.78, 5) is 78.9. The van der Waals surface area contributed by atoms with Gasteiger partial charge in [0.1, 0.15) is 41.5 Å². The van der Waals surface area contributed by atoms with Crippen LogP contribution in [0.2, 0.25) is 0 Å². The minimum Gasteiger partial charge on any atom is -1.00 e. The van der Waals surface area contributed by atoms with E-state index in [1.807, 2.05) is 39.0 Å². The standard InChI is InChI=1S/2C20H24N4O3.C15H15N5O.C5H9BrO.C5H10O2.C5H9O.BrH.Mg/c2*1-12-2-3-14(20(26)23-15-4-5-15)10-16(12)24-11-22-17(19(24)21)18(25)13-6-8-27-9-7-13;1-9-3-4-10(15(21)19-11-5-6-11)7-12(9)20-8-18-14(17-2)13(20)16;2*6-5-1-3-7-4-2-5;1-2-4-6-5-3-1;;/h2*2-3,10-11,13,15H,4-9,21H2,1H3,(H,23,26);3-4,7-8,11H,5-6,16H2,1H3,(H,19,21);5H,1-4H2;5-6H,1-4H2;1H,2-5H2;1H;/q;;;;;-1;;+2/p-1. The second kappa shape index (κ2) is 38.7. The fraction of sp³-hybridized carbons (Fsp3) is 0.514. The molecule has 10 N–H and O–H groups in total. The number of ether oxygens (including phenoxy) is 5. The number of hydrogen-bond donors (Lipinski definition) is 7. The van der Waals surface area contributed by atoms with E-state index in [0.29, 0.717) is 110 Å². The molecule has 8 fully saturated rings. The summed E-state index contributed by atoms with van der Waals surface area (Å²) in [5, 5.41) is 17.8. The van der Waals surface area contributed by atoms with Crippen LogP contribution in [0.1, 0.15) is 171 Å². The van der Waals surface area contributed by atoms with E-state index < -0.39 is 0 Å². The van der Waals surface area contributed by atoms with Crippen LogP contribution in [0.5, 0.6) is 0 Å². The largest absolute Gasteiger partial charge is 2.00 e. The van der Waals surface area contributed by atoms with Crippen LogP contribution in [0, 0.1) is 45.6 Å². The summed E-state index contributed by atoms with van der Waals surface area (Å²) in [6, 6.07) is 17.3. The maximum absolute atomic E-state index is 12.8. The van der Waals surface area contributed by atoms with Gasteiger partial charge in [-0.05, 0) is 164 Å². The van der Waals surface area contributed by atoms with Crippen LogP contribution in [0.15, 0.2) is 73.6 Å². The molecule has 24 nitrogen and oxygen atoms in total. The van der Waals surface area contributed by atoms with E-state index in [4.69, 9.17) is 52.6 Å². The first-order chi connectivity index (χ1) is 46.0. The molecule has 3 aromatic heterocycles. The van der Waals surface area contributed by atoms with Crippen molar-refractivity contribution in [3.63, 3.8) is 0 Å². The first-order valence-electron chi connectivity index (χ1n) is 33.2. The van der Waals surface area contributed by atoms with E-state index in [1.165, 1.54) is 19.2 Å². The molecule has 6 aromatic rings. The number of carbonyl (C=O) groups excluding carboxylic acids is 5. The number of nitrogen functional groups attached to an aromatic ring is 3. The van der Waals surface area contributed by atoms with Crippen LogP contribution in [0.4, 0.5) is 23.3 Å². The summed E-state index contributed by atoms with van der Waals surface area (Å²) >= 11 is 3.51. The first kappa shape index (κ1) is 77.8. The number of nitrogens with one attached hydrogen (secondary N) is 3. The maximum atomic E-state index is 12.8. The molecule has 0 bridgehead atoms. The Morgan fingerprint density at radius 2 is 0.825 bits per heavy atom. The number of aryl methyl sites for hydroxylation is 3. The summed E-state index contributed by atoms with van der Waals surface area (Å²) in [6.45, 7) is 20.4. The van der Waals surface area contributed by atoms with Crippen molar-refractivity contribution in [2.24, 2.45) is 11.8 Å². The van der Waals surface area contributed by atoms with Gasteiger partial charge in [-0.15, -0.1) is 4.98 Å². The third-order valence-corrected chi connectivity index (χ3v) is 18.3. The van der Waals surface area contributed by atoms with Crippen molar-refractivity contribution in [3.05, 3.63) is 136 Å². The van der Waals surface area contributed by atoms with Gasteiger partial charge in [-0.2, -0.15) is 12.8 Å². The number of ketones is 2. The first-order valence-corrected chi connectivity index (χ1v) is 34.1. The molecule has 518 valence electrons. The van der Waals surface area contributed by atoms with Gasteiger partial charge in [0.25, 0.3) is 17.7 Å². The molecule has 97 heavy (non-hydrogen) atoms. The molecule has 3 aliphatic carbocycles. The van der Waals surface area contributed by atoms with Gasteiger partial charge in [0.15, 0.2) is 17.9 Å². The number of imidazole rings is 3.